The van der Waals surface area contributed by atoms with Crippen LogP contribution >= 0.6 is 0 Å². The summed E-state index contributed by atoms with van der Waals surface area (Å²) < 4.78 is 87.0. The molecule has 180 valence electrons. The summed E-state index contributed by atoms with van der Waals surface area (Å²) in [5.74, 6) is -8.60. The van der Waals surface area contributed by atoms with Gasteiger partial charge in [-0.3, -0.25) is 4.90 Å². The van der Waals surface area contributed by atoms with Gasteiger partial charge in [0.25, 0.3) is 0 Å². The number of nitrogens with zero attached hydrogens (tertiary/aromatic N) is 1. The number of hydrogen-bond acceptors (Lipinski definition) is 4. The normalized spacial score (nSPS) is 16.2. The minimum absolute atomic E-state index is 0.0926. The third-order valence-electron chi connectivity index (χ3n) is 5.51. The lowest BCUT2D eigenvalue weighted by Gasteiger charge is -2.35. The summed E-state index contributed by atoms with van der Waals surface area (Å²) in [6.07, 6.45) is -0.408. The highest BCUT2D eigenvalue weighted by molar-refractivity contribution is 7.89. The second kappa shape index (κ2) is 9.32. The van der Waals surface area contributed by atoms with Crippen molar-refractivity contribution in [1.82, 2.24) is 0 Å². The second-order valence-electron chi connectivity index (χ2n) is 8.48. The van der Waals surface area contributed by atoms with E-state index < -0.39 is 67.9 Å². The van der Waals surface area contributed by atoms with E-state index in [1.807, 2.05) is 20.8 Å². The van der Waals surface area contributed by atoms with E-state index in [2.05, 4.69) is 0 Å². The van der Waals surface area contributed by atoms with Crippen molar-refractivity contribution in [1.29, 1.82) is 0 Å². The van der Waals surface area contributed by atoms with Crippen LogP contribution < -0.4 is 4.90 Å². The number of benzene rings is 2. The van der Waals surface area contributed by atoms with Crippen molar-refractivity contribution in [2.24, 2.45) is 5.92 Å². The third-order valence-corrected chi connectivity index (χ3v) is 7.02. The first-order valence-corrected chi connectivity index (χ1v) is 12.3. The molecule has 5 nitrogen and oxygen atoms in total. The molecule has 0 saturated carbocycles. The van der Waals surface area contributed by atoms with Gasteiger partial charge in [0.1, 0.15) is 6.10 Å². The fraction of sp³-hybridized carbons (Fsp3) is 0.435. The quantitative estimate of drug-likeness (QED) is 0.370. The van der Waals surface area contributed by atoms with Crippen molar-refractivity contribution < 1.29 is 35.5 Å². The van der Waals surface area contributed by atoms with Crippen molar-refractivity contribution in [3.8, 4) is 0 Å². The molecule has 0 radical (unpaired) electrons. The molecule has 1 atom stereocenters. The molecule has 0 bridgehead atoms. The summed E-state index contributed by atoms with van der Waals surface area (Å²) in [6.45, 7) is 6.89. The van der Waals surface area contributed by atoms with Gasteiger partial charge in [-0.1, -0.05) is 26.8 Å². The van der Waals surface area contributed by atoms with E-state index in [1.54, 1.807) is 12.1 Å². The molecule has 0 N–H and O–H groups in total. The fourth-order valence-corrected chi connectivity index (χ4v) is 5.35. The first kappa shape index (κ1) is 25.0. The zero-order chi connectivity index (χ0) is 24.7. The van der Waals surface area contributed by atoms with Crippen molar-refractivity contribution in [3.63, 3.8) is 0 Å². The van der Waals surface area contributed by atoms with Crippen LogP contribution in [0.3, 0.4) is 0 Å². The maximum absolute atomic E-state index is 14.2. The lowest BCUT2D eigenvalue weighted by atomic mass is 9.94. The number of halogens is 4. The predicted octanol–water partition coefficient (Wildman–Crippen LogP) is 5.73. The molecular formula is C23H25F4NO4S. The molecule has 10 heteroatoms. The van der Waals surface area contributed by atoms with Crippen molar-refractivity contribution in [2.45, 2.75) is 51.7 Å². The molecule has 1 aliphatic rings. The molecule has 2 aromatic carbocycles. The standard InChI is InChI=1S/C23H25F4NO4S/c1-5-8-28-17-7-6-14(9-15(17)22(12(2)3)32-23(28)29)10-33(30,31)11-16-20(26)18(24)13(4)19(25)21(16)27/h6-7,9,12,22H,5,8,10-11H2,1-4H3. The first-order chi connectivity index (χ1) is 15.4. The molecule has 1 aliphatic heterocycles. The molecule has 3 rings (SSSR count). The number of anilines is 1. The maximum Gasteiger partial charge on any atom is 0.414 e. The van der Waals surface area contributed by atoms with Crippen molar-refractivity contribution in [3.05, 3.63) is 63.7 Å². The van der Waals surface area contributed by atoms with E-state index in [0.29, 0.717) is 29.8 Å². The summed E-state index contributed by atoms with van der Waals surface area (Å²) in [6, 6.07) is 4.69. The van der Waals surface area contributed by atoms with Crippen LogP contribution in [-0.2, 0) is 26.1 Å². The van der Waals surface area contributed by atoms with E-state index in [1.165, 1.54) is 11.0 Å². The summed E-state index contributed by atoms with van der Waals surface area (Å²) in [5.41, 5.74) is -0.505. The number of amides is 1. The highest BCUT2D eigenvalue weighted by Gasteiger charge is 2.34. The molecule has 0 saturated heterocycles. The number of cyclic esters (lactones) is 1. The molecule has 33 heavy (non-hydrogen) atoms. The van der Waals surface area contributed by atoms with Gasteiger partial charge in [0.2, 0.25) is 0 Å². The van der Waals surface area contributed by atoms with Gasteiger partial charge in [0, 0.05) is 23.2 Å². The van der Waals surface area contributed by atoms with Crippen LogP contribution in [0.4, 0.5) is 28.0 Å². The molecule has 2 aromatic rings. The van der Waals surface area contributed by atoms with Crippen LogP contribution in [-0.4, -0.2) is 21.1 Å². The summed E-state index contributed by atoms with van der Waals surface area (Å²) in [4.78, 5) is 13.9. The van der Waals surface area contributed by atoms with Crippen LogP contribution in [0.5, 0.6) is 0 Å². The van der Waals surface area contributed by atoms with Crippen LogP contribution in [0.25, 0.3) is 0 Å². The molecule has 0 aliphatic carbocycles. The Morgan fingerprint density at radius 1 is 1.03 bits per heavy atom. The molecule has 0 fully saturated rings. The Balaban J connectivity index is 1.96. The van der Waals surface area contributed by atoms with Gasteiger partial charge >= 0.3 is 6.09 Å². The second-order valence-corrected chi connectivity index (χ2v) is 10.5. The molecule has 1 amide bonds. The van der Waals surface area contributed by atoms with Gasteiger partial charge in [-0.05, 0) is 37.0 Å². The number of carbonyl (C=O) groups is 1. The number of ether oxygens (including phenoxy) is 1. The highest BCUT2D eigenvalue weighted by atomic mass is 32.2. The largest absolute Gasteiger partial charge is 0.441 e. The smallest absolute Gasteiger partial charge is 0.414 e. The van der Waals surface area contributed by atoms with Crippen LogP contribution in [0, 0.1) is 36.1 Å². The molecule has 0 aromatic heterocycles. The number of sulfone groups is 1. The van der Waals surface area contributed by atoms with E-state index in [-0.39, 0.29) is 5.92 Å². The van der Waals surface area contributed by atoms with Crippen LogP contribution in [0.1, 0.15) is 55.5 Å². The minimum atomic E-state index is -4.21. The van der Waals surface area contributed by atoms with Crippen molar-refractivity contribution >= 4 is 21.6 Å². The average molecular weight is 488 g/mol. The number of rotatable bonds is 7. The maximum atomic E-state index is 14.2. The van der Waals surface area contributed by atoms with E-state index in [4.69, 9.17) is 4.74 Å². The van der Waals surface area contributed by atoms with E-state index >= 15 is 0 Å². The summed E-state index contributed by atoms with van der Waals surface area (Å²) >= 11 is 0. The Kier molecular flexibility index (Phi) is 7.07. The first-order valence-electron chi connectivity index (χ1n) is 10.5. The fourth-order valence-electron chi connectivity index (χ4n) is 3.87. The van der Waals surface area contributed by atoms with Crippen LogP contribution in [0.15, 0.2) is 18.2 Å². The summed E-state index contributed by atoms with van der Waals surface area (Å²) in [5, 5.41) is 0. The third kappa shape index (κ3) is 4.85. The van der Waals surface area contributed by atoms with Gasteiger partial charge in [0.15, 0.2) is 33.1 Å². The van der Waals surface area contributed by atoms with E-state index in [9.17, 15) is 30.8 Å². The van der Waals surface area contributed by atoms with Gasteiger partial charge < -0.3 is 4.74 Å². The topological polar surface area (TPSA) is 63.7 Å². The lowest BCUT2D eigenvalue weighted by Crippen LogP contribution is -2.39. The molecule has 1 heterocycles. The Hall–Kier alpha value is -2.62. The predicted molar refractivity (Wildman–Crippen MR) is 115 cm³/mol. The highest BCUT2D eigenvalue weighted by Crippen LogP contribution is 2.39. The monoisotopic (exact) mass is 487 g/mol. The van der Waals surface area contributed by atoms with Gasteiger partial charge in [-0.15, -0.1) is 0 Å². The molecular weight excluding hydrogens is 462 g/mol. The van der Waals surface area contributed by atoms with Gasteiger partial charge in [-0.25, -0.2) is 30.8 Å². The Morgan fingerprint density at radius 3 is 2.18 bits per heavy atom. The number of hydrogen-bond donors (Lipinski definition) is 0. The number of fused-ring (bicyclic) bond motifs is 1. The zero-order valence-corrected chi connectivity index (χ0v) is 19.5. The van der Waals surface area contributed by atoms with Crippen LogP contribution in [0.2, 0.25) is 0 Å². The van der Waals surface area contributed by atoms with Gasteiger partial charge in [0.05, 0.1) is 17.2 Å². The lowest BCUT2D eigenvalue weighted by molar-refractivity contribution is 0.0701. The molecule has 0 spiro atoms. The SMILES string of the molecule is CCCN1C(=O)OC(C(C)C)c2cc(CS(=O)(=O)Cc3c(F)c(F)c(C)c(F)c3F)ccc21. The molecule has 1 unspecified atom stereocenters. The number of carbonyl (C=O) groups excluding carboxylic acids is 1. The summed E-state index contributed by atoms with van der Waals surface area (Å²) in [7, 11) is -4.21. The van der Waals surface area contributed by atoms with Crippen molar-refractivity contribution in [2.75, 3.05) is 11.4 Å². The average Bonchev–Trinajstić information content (AvgIpc) is 2.75. The van der Waals surface area contributed by atoms with Gasteiger partial charge in [-0.2, -0.15) is 0 Å². The Morgan fingerprint density at radius 2 is 1.64 bits per heavy atom. The zero-order valence-electron chi connectivity index (χ0n) is 18.7. The van der Waals surface area contributed by atoms with E-state index in [0.717, 1.165) is 6.92 Å². The Labute approximate surface area is 190 Å². The Bertz CT molecular complexity index is 1170. The minimum Gasteiger partial charge on any atom is -0.441 e.